The average molecular weight is 186 g/mol. The van der Waals surface area contributed by atoms with Gasteiger partial charge in [-0.3, -0.25) is 9.59 Å². The number of nitrogens with one attached hydrogen (secondary N) is 2. The summed E-state index contributed by atoms with van der Waals surface area (Å²) >= 11 is 0. The predicted octanol–water partition coefficient (Wildman–Crippen LogP) is 0.426. The van der Waals surface area contributed by atoms with Gasteiger partial charge in [0.25, 0.3) is 0 Å². The molecule has 0 heterocycles. The lowest BCUT2D eigenvalue weighted by Crippen LogP contribution is -2.45. The van der Waals surface area contributed by atoms with E-state index < -0.39 is 11.8 Å². The van der Waals surface area contributed by atoms with Gasteiger partial charge in [0, 0.05) is 12.1 Å². The standard InChI is InChI=1S/C9H18N2O2/c1-5-7(4)11-9(13)8(12)10-6(2)3/h6-7H,5H2,1-4H3,(H,10,12)(H,11,13). The van der Waals surface area contributed by atoms with Crippen LogP contribution in [0.2, 0.25) is 0 Å². The molecule has 0 rings (SSSR count). The molecule has 0 aromatic carbocycles. The molecule has 0 aliphatic heterocycles. The Balaban J connectivity index is 3.90. The smallest absolute Gasteiger partial charge is 0.309 e. The van der Waals surface area contributed by atoms with Gasteiger partial charge in [-0.25, -0.2) is 0 Å². The van der Waals surface area contributed by atoms with E-state index in [0.717, 1.165) is 6.42 Å². The summed E-state index contributed by atoms with van der Waals surface area (Å²) in [6.45, 7) is 7.44. The predicted molar refractivity (Wildman–Crippen MR) is 51.2 cm³/mol. The Kier molecular flexibility index (Phi) is 5.11. The Morgan fingerprint density at radius 1 is 1.08 bits per heavy atom. The zero-order valence-corrected chi connectivity index (χ0v) is 8.68. The van der Waals surface area contributed by atoms with Crippen molar-refractivity contribution in [3.63, 3.8) is 0 Å². The topological polar surface area (TPSA) is 58.2 Å². The molecule has 2 N–H and O–H groups in total. The van der Waals surface area contributed by atoms with E-state index in [0.29, 0.717) is 0 Å². The van der Waals surface area contributed by atoms with Crippen LogP contribution in [0.15, 0.2) is 0 Å². The number of rotatable bonds is 3. The first-order valence-electron chi connectivity index (χ1n) is 4.58. The van der Waals surface area contributed by atoms with Crippen molar-refractivity contribution in [2.24, 2.45) is 0 Å². The molecule has 0 aromatic rings. The van der Waals surface area contributed by atoms with Crippen molar-refractivity contribution < 1.29 is 9.59 Å². The first kappa shape index (κ1) is 11.9. The molecule has 4 nitrogen and oxygen atoms in total. The molecule has 0 saturated heterocycles. The fraction of sp³-hybridized carbons (Fsp3) is 0.778. The third-order valence-corrected chi connectivity index (χ3v) is 1.62. The Morgan fingerprint density at radius 3 is 1.92 bits per heavy atom. The summed E-state index contributed by atoms with van der Waals surface area (Å²) in [5.41, 5.74) is 0. The van der Waals surface area contributed by atoms with Crippen LogP contribution < -0.4 is 10.6 Å². The van der Waals surface area contributed by atoms with E-state index in [2.05, 4.69) is 10.6 Å². The maximum Gasteiger partial charge on any atom is 0.309 e. The summed E-state index contributed by atoms with van der Waals surface area (Å²) in [5, 5.41) is 5.10. The molecule has 1 atom stereocenters. The fourth-order valence-electron chi connectivity index (χ4n) is 0.719. The molecule has 0 aliphatic rings. The van der Waals surface area contributed by atoms with Crippen LogP contribution in [0.25, 0.3) is 0 Å². The molecule has 0 aliphatic carbocycles. The largest absolute Gasteiger partial charge is 0.346 e. The highest BCUT2D eigenvalue weighted by Gasteiger charge is 2.15. The van der Waals surface area contributed by atoms with E-state index in [1.807, 2.05) is 27.7 Å². The van der Waals surface area contributed by atoms with Crippen LogP contribution in [-0.4, -0.2) is 23.9 Å². The highest BCUT2D eigenvalue weighted by Crippen LogP contribution is 1.87. The molecule has 0 aromatic heterocycles. The molecule has 2 amide bonds. The molecule has 13 heavy (non-hydrogen) atoms. The van der Waals surface area contributed by atoms with Crippen molar-refractivity contribution in [2.45, 2.75) is 46.2 Å². The van der Waals surface area contributed by atoms with E-state index in [9.17, 15) is 9.59 Å². The molecule has 1 unspecified atom stereocenters. The van der Waals surface area contributed by atoms with Gasteiger partial charge in [0.05, 0.1) is 0 Å². The highest BCUT2D eigenvalue weighted by molar-refractivity contribution is 6.35. The Morgan fingerprint density at radius 2 is 1.54 bits per heavy atom. The molecular formula is C9H18N2O2. The van der Waals surface area contributed by atoms with Crippen molar-refractivity contribution in [1.82, 2.24) is 10.6 Å². The second-order valence-electron chi connectivity index (χ2n) is 3.41. The lowest BCUT2D eigenvalue weighted by molar-refractivity contribution is -0.139. The van der Waals surface area contributed by atoms with E-state index in [1.54, 1.807) is 0 Å². The number of amides is 2. The van der Waals surface area contributed by atoms with Gasteiger partial charge in [0.1, 0.15) is 0 Å². The molecule has 0 saturated carbocycles. The van der Waals surface area contributed by atoms with Crippen LogP contribution in [0.4, 0.5) is 0 Å². The Bertz CT molecular complexity index is 190. The lowest BCUT2D eigenvalue weighted by atomic mass is 10.2. The minimum atomic E-state index is -0.560. The van der Waals surface area contributed by atoms with Crippen LogP contribution in [-0.2, 0) is 9.59 Å². The van der Waals surface area contributed by atoms with Gasteiger partial charge in [0.2, 0.25) is 0 Å². The molecule has 0 fully saturated rings. The Labute approximate surface area is 79.1 Å². The minimum absolute atomic E-state index is 0.00446. The summed E-state index contributed by atoms with van der Waals surface area (Å²) < 4.78 is 0. The molecule has 4 heteroatoms. The molecule has 76 valence electrons. The monoisotopic (exact) mass is 186 g/mol. The van der Waals surface area contributed by atoms with Gasteiger partial charge in [-0.2, -0.15) is 0 Å². The maximum atomic E-state index is 11.1. The van der Waals surface area contributed by atoms with Gasteiger partial charge >= 0.3 is 11.8 Å². The van der Waals surface area contributed by atoms with Crippen LogP contribution in [0, 0.1) is 0 Å². The molecule has 0 radical (unpaired) electrons. The van der Waals surface area contributed by atoms with Crippen LogP contribution >= 0.6 is 0 Å². The van der Waals surface area contributed by atoms with Crippen molar-refractivity contribution >= 4 is 11.8 Å². The third-order valence-electron chi connectivity index (χ3n) is 1.62. The number of hydrogen-bond donors (Lipinski definition) is 2. The first-order valence-corrected chi connectivity index (χ1v) is 4.58. The molecule has 0 bridgehead atoms. The van der Waals surface area contributed by atoms with Gasteiger partial charge < -0.3 is 10.6 Å². The van der Waals surface area contributed by atoms with Gasteiger partial charge in [-0.15, -0.1) is 0 Å². The first-order chi connectivity index (χ1) is 5.97. The lowest BCUT2D eigenvalue weighted by Gasteiger charge is -2.12. The number of carbonyl (C=O) groups excluding carboxylic acids is 2. The summed E-state index contributed by atoms with van der Waals surface area (Å²) in [5.74, 6) is -1.11. The van der Waals surface area contributed by atoms with Crippen LogP contribution in [0.1, 0.15) is 34.1 Å². The number of carbonyl (C=O) groups is 2. The second kappa shape index (κ2) is 5.56. The van der Waals surface area contributed by atoms with Gasteiger partial charge in [0.15, 0.2) is 0 Å². The fourth-order valence-corrected chi connectivity index (χ4v) is 0.719. The van der Waals surface area contributed by atoms with Crippen molar-refractivity contribution in [3.8, 4) is 0 Å². The van der Waals surface area contributed by atoms with Crippen LogP contribution in [0.3, 0.4) is 0 Å². The normalized spacial score (nSPS) is 12.4. The van der Waals surface area contributed by atoms with Crippen molar-refractivity contribution in [1.29, 1.82) is 0 Å². The van der Waals surface area contributed by atoms with Crippen molar-refractivity contribution in [3.05, 3.63) is 0 Å². The zero-order chi connectivity index (χ0) is 10.4. The molecule has 0 spiro atoms. The van der Waals surface area contributed by atoms with E-state index in [4.69, 9.17) is 0 Å². The number of hydrogen-bond acceptors (Lipinski definition) is 2. The summed E-state index contributed by atoms with van der Waals surface area (Å²) in [4.78, 5) is 22.2. The third kappa shape index (κ3) is 5.22. The molecular weight excluding hydrogens is 168 g/mol. The van der Waals surface area contributed by atoms with Gasteiger partial charge in [-0.1, -0.05) is 6.92 Å². The SMILES string of the molecule is CCC(C)NC(=O)C(=O)NC(C)C. The quantitative estimate of drug-likeness (QED) is 0.628. The second-order valence-corrected chi connectivity index (χ2v) is 3.41. The maximum absolute atomic E-state index is 11.1. The van der Waals surface area contributed by atoms with E-state index in [-0.39, 0.29) is 12.1 Å². The summed E-state index contributed by atoms with van der Waals surface area (Å²) in [6, 6.07) is 0.0422. The van der Waals surface area contributed by atoms with Crippen LogP contribution in [0.5, 0.6) is 0 Å². The van der Waals surface area contributed by atoms with E-state index >= 15 is 0 Å². The van der Waals surface area contributed by atoms with Gasteiger partial charge in [-0.05, 0) is 27.2 Å². The summed E-state index contributed by atoms with van der Waals surface area (Å²) in [6.07, 6.45) is 0.820. The average Bonchev–Trinajstić information content (AvgIpc) is 2.02. The zero-order valence-electron chi connectivity index (χ0n) is 8.68. The highest BCUT2D eigenvalue weighted by atomic mass is 16.2. The van der Waals surface area contributed by atoms with E-state index in [1.165, 1.54) is 0 Å². The summed E-state index contributed by atoms with van der Waals surface area (Å²) in [7, 11) is 0. The Hall–Kier alpha value is -1.06. The van der Waals surface area contributed by atoms with Crippen molar-refractivity contribution in [2.75, 3.05) is 0 Å². The minimum Gasteiger partial charge on any atom is -0.346 e.